The van der Waals surface area contributed by atoms with Crippen LogP contribution in [0.3, 0.4) is 0 Å². The maximum absolute atomic E-state index is 8.85. The quantitative estimate of drug-likeness (QED) is 0.601. The molecule has 0 spiro atoms. The lowest BCUT2D eigenvalue weighted by Gasteiger charge is -2.32. The van der Waals surface area contributed by atoms with Crippen molar-refractivity contribution >= 4 is 0 Å². The second-order valence-corrected chi connectivity index (χ2v) is 3.52. The Morgan fingerprint density at radius 3 is 2.33 bits per heavy atom. The van der Waals surface area contributed by atoms with E-state index in [0.717, 1.165) is 11.1 Å². The van der Waals surface area contributed by atoms with E-state index in [1.807, 2.05) is 20.8 Å². The van der Waals surface area contributed by atoms with Gasteiger partial charge in [0.05, 0.1) is 19.8 Å². The maximum Gasteiger partial charge on any atom is 0.163 e. The number of hydrogen-bond acceptors (Lipinski definition) is 3. The first-order chi connectivity index (χ1) is 5.55. The summed E-state index contributed by atoms with van der Waals surface area (Å²) in [5.74, 6) is -0.473. The van der Waals surface area contributed by atoms with Gasteiger partial charge in [-0.15, -0.1) is 0 Å². The van der Waals surface area contributed by atoms with Crippen LogP contribution in [-0.2, 0) is 9.47 Å². The van der Waals surface area contributed by atoms with Gasteiger partial charge in [0.1, 0.15) is 0 Å². The Morgan fingerprint density at radius 1 is 1.42 bits per heavy atom. The average molecular weight is 172 g/mol. The van der Waals surface area contributed by atoms with Gasteiger partial charge in [-0.25, -0.2) is 0 Å². The summed E-state index contributed by atoms with van der Waals surface area (Å²) in [5.41, 5.74) is 2.00. The minimum atomic E-state index is -0.473. The third-order valence-corrected chi connectivity index (χ3v) is 2.03. The molecule has 1 fully saturated rings. The Labute approximate surface area is 73.0 Å². The molecule has 1 aliphatic rings. The molecule has 12 heavy (non-hydrogen) atoms. The van der Waals surface area contributed by atoms with Crippen LogP contribution in [-0.4, -0.2) is 30.7 Å². The molecule has 3 heteroatoms. The van der Waals surface area contributed by atoms with Gasteiger partial charge < -0.3 is 14.6 Å². The predicted octanol–water partition coefficient (Wildman–Crippen LogP) is 1.08. The fraction of sp³-hybridized carbons (Fsp3) is 0.778. The van der Waals surface area contributed by atoms with Crippen LogP contribution in [0.25, 0.3) is 0 Å². The van der Waals surface area contributed by atoms with Gasteiger partial charge in [-0.05, 0) is 31.9 Å². The molecular weight excluding hydrogens is 156 g/mol. The average Bonchev–Trinajstić information content (AvgIpc) is 2.03. The SMILES string of the molecule is CC(CO)=C1COC(C)(C)OC1. The molecule has 0 aromatic carbocycles. The van der Waals surface area contributed by atoms with Crippen LogP contribution in [0.15, 0.2) is 11.1 Å². The zero-order chi connectivity index (χ0) is 9.19. The van der Waals surface area contributed by atoms with Crippen LogP contribution in [0, 0.1) is 0 Å². The van der Waals surface area contributed by atoms with Crippen molar-refractivity contribution in [2.45, 2.75) is 26.6 Å². The molecule has 0 amide bonds. The highest BCUT2D eigenvalue weighted by Gasteiger charge is 2.25. The molecule has 0 radical (unpaired) electrons. The molecule has 1 aliphatic heterocycles. The van der Waals surface area contributed by atoms with E-state index in [0.29, 0.717) is 13.2 Å². The Bertz CT molecular complexity index is 182. The van der Waals surface area contributed by atoms with Crippen molar-refractivity contribution in [1.82, 2.24) is 0 Å². The molecule has 0 atom stereocenters. The highest BCUT2D eigenvalue weighted by Crippen LogP contribution is 2.21. The number of aliphatic hydroxyl groups excluding tert-OH is 1. The molecule has 1 saturated heterocycles. The zero-order valence-corrected chi connectivity index (χ0v) is 7.89. The summed E-state index contributed by atoms with van der Waals surface area (Å²) in [4.78, 5) is 0. The lowest BCUT2D eigenvalue weighted by Crippen LogP contribution is -2.36. The highest BCUT2D eigenvalue weighted by molar-refractivity contribution is 5.14. The Kier molecular flexibility index (Phi) is 2.88. The Morgan fingerprint density at radius 2 is 1.92 bits per heavy atom. The van der Waals surface area contributed by atoms with E-state index < -0.39 is 5.79 Å². The van der Waals surface area contributed by atoms with Crippen LogP contribution in [0.2, 0.25) is 0 Å². The molecule has 0 aromatic rings. The molecule has 3 nitrogen and oxygen atoms in total. The van der Waals surface area contributed by atoms with Gasteiger partial charge in [0.15, 0.2) is 5.79 Å². The van der Waals surface area contributed by atoms with Crippen molar-refractivity contribution in [2.24, 2.45) is 0 Å². The summed E-state index contributed by atoms with van der Waals surface area (Å²) in [6.07, 6.45) is 0. The van der Waals surface area contributed by atoms with Gasteiger partial charge in [0, 0.05) is 0 Å². The number of ether oxygens (including phenoxy) is 2. The lowest BCUT2D eigenvalue weighted by atomic mass is 10.1. The van der Waals surface area contributed by atoms with Crippen LogP contribution in [0.5, 0.6) is 0 Å². The number of rotatable bonds is 1. The van der Waals surface area contributed by atoms with Crippen LogP contribution in [0.4, 0.5) is 0 Å². The molecule has 0 saturated carbocycles. The first kappa shape index (κ1) is 9.71. The summed E-state index contributed by atoms with van der Waals surface area (Å²) >= 11 is 0. The van der Waals surface area contributed by atoms with E-state index in [2.05, 4.69) is 0 Å². The highest BCUT2D eigenvalue weighted by atomic mass is 16.7. The van der Waals surface area contributed by atoms with Crippen LogP contribution < -0.4 is 0 Å². The van der Waals surface area contributed by atoms with Gasteiger partial charge in [0.25, 0.3) is 0 Å². The molecule has 1 N–H and O–H groups in total. The third-order valence-electron chi connectivity index (χ3n) is 2.03. The predicted molar refractivity (Wildman–Crippen MR) is 45.8 cm³/mol. The molecule has 70 valence electrons. The molecule has 0 bridgehead atoms. The molecule has 0 aliphatic carbocycles. The molecule has 0 aromatic heterocycles. The second-order valence-electron chi connectivity index (χ2n) is 3.52. The fourth-order valence-corrected chi connectivity index (χ4v) is 0.963. The van der Waals surface area contributed by atoms with Crippen molar-refractivity contribution in [3.8, 4) is 0 Å². The van der Waals surface area contributed by atoms with E-state index in [4.69, 9.17) is 14.6 Å². The van der Waals surface area contributed by atoms with Crippen molar-refractivity contribution < 1.29 is 14.6 Å². The number of hydrogen-bond donors (Lipinski definition) is 1. The number of aliphatic hydroxyl groups is 1. The van der Waals surface area contributed by atoms with Crippen molar-refractivity contribution in [3.63, 3.8) is 0 Å². The summed E-state index contributed by atoms with van der Waals surface area (Å²) in [6, 6.07) is 0. The van der Waals surface area contributed by atoms with E-state index in [1.54, 1.807) is 0 Å². The summed E-state index contributed by atoms with van der Waals surface area (Å²) in [6.45, 7) is 6.89. The van der Waals surface area contributed by atoms with Crippen LogP contribution in [0.1, 0.15) is 20.8 Å². The zero-order valence-electron chi connectivity index (χ0n) is 7.89. The van der Waals surface area contributed by atoms with E-state index >= 15 is 0 Å². The Hall–Kier alpha value is -0.380. The molecule has 1 rings (SSSR count). The Balaban J connectivity index is 2.57. The standard InChI is InChI=1S/C9H16O3/c1-7(4-10)8-5-11-9(2,3)12-6-8/h10H,4-6H2,1-3H3. The summed E-state index contributed by atoms with van der Waals surface area (Å²) in [7, 11) is 0. The maximum atomic E-state index is 8.85. The van der Waals surface area contributed by atoms with Crippen molar-refractivity contribution in [2.75, 3.05) is 19.8 Å². The van der Waals surface area contributed by atoms with Gasteiger partial charge in [-0.3, -0.25) is 0 Å². The second kappa shape index (κ2) is 3.56. The molecule has 1 heterocycles. The van der Waals surface area contributed by atoms with Gasteiger partial charge in [-0.1, -0.05) is 0 Å². The van der Waals surface area contributed by atoms with Gasteiger partial charge in [0.2, 0.25) is 0 Å². The minimum Gasteiger partial charge on any atom is -0.392 e. The van der Waals surface area contributed by atoms with Crippen molar-refractivity contribution in [1.29, 1.82) is 0 Å². The van der Waals surface area contributed by atoms with Gasteiger partial charge >= 0.3 is 0 Å². The first-order valence-electron chi connectivity index (χ1n) is 4.11. The van der Waals surface area contributed by atoms with Crippen LogP contribution >= 0.6 is 0 Å². The van der Waals surface area contributed by atoms with E-state index in [1.165, 1.54) is 0 Å². The lowest BCUT2D eigenvalue weighted by molar-refractivity contribution is -0.226. The summed E-state index contributed by atoms with van der Waals surface area (Å²) in [5, 5.41) is 8.85. The van der Waals surface area contributed by atoms with Crippen molar-refractivity contribution in [3.05, 3.63) is 11.1 Å². The largest absolute Gasteiger partial charge is 0.392 e. The normalized spacial score (nSPS) is 22.5. The molecular formula is C9H16O3. The minimum absolute atomic E-state index is 0.0858. The topological polar surface area (TPSA) is 38.7 Å². The monoisotopic (exact) mass is 172 g/mol. The molecule has 0 unspecified atom stereocenters. The summed E-state index contributed by atoms with van der Waals surface area (Å²) < 4.78 is 10.8. The van der Waals surface area contributed by atoms with E-state index in [-0.39, 0.29) is 6.61 Å². The van der Waals surface area contributed by atoms with E-state index in [9.17, 15) is 0 Å². The van der Waals surface area contributed by atoms with Gasteiger partial charge in [-0.2, -0.15) is 0 Å². The first-order valence-corrected chi connectivity index (χ1v) is 4.11. The smallest absolute Gasteiger partial charge is 0.163 e. The third kappa shape index (κ3) is 2.30. The fourth-order valence-electron chi connectivity index (χ4n) is 0.963.